The molecule has 0 unspecified atom stereocenters. The zero-order valence-electron chi connectivity index (χ0n) is 10.2. The number of carbonyl (C=O) groups is 2. The maximum Gasteiger partial charge on any atom is 0.315 e. The van der Waals surface area contributed by atoms with E-state index < -0.39 is 29.1 Å². The normalized spacial score (nSPS) is 10.2. The van der Waals surface area contributed by atoms with E-state index in [0.29, 0.717) is 5.69 Å². The third-order valence-electron chi connectivity index (χ3n) is 2.25. The van der Waals surface area contributed by atoms with E-state index in [1.165, 1.54) is 0 Å². The molecule has 2 rings (SSSR count). The van der Waals surface area contributed by atoms with Gasteiger partial charge < -0.3 is 5.32 Å². The van der Waals surface area contributed by atoms with Gasteiger partial charge in [0.1, 0.15) is 17.3 Å². The van der Waals surface area contributed by atoms with Crippen LogP contribution in [0.15, 0.2) is 23.6 Å². The molecule has 20 heavy (non-hydrogen) atoms. The highest BCUT2D eigenvalue weighted by molar-refractivity contribution is 7.14. The molecule has 0 aliphatic heterocycles. The van der Waals surface area contributed by atoms with Crippen LogP contribution < -0.4 is 10.6 Å². The fraction of sp³-hybridized carbons (Fsp3) is 0.0833. The number of hydrogen-bond donors (Lipinski definition) is 2. The average Bonchev–Trinajstić information content (AvgIpc) is 2.79. The molecular formula is C12H9F2N3O2S. The number of rotatable bonds is 2. The number of thiazole rings is 1. The van der Waals surface area contributed by atoms with Crippen LogP contribution in [-0.2, 0) is 9.59 Å². The SMILES string of the molecule is Cc1csc(NC(=O)C(=O)Nc2c(F)cccc2F)n1. The highest BCUT2D eigenvalue weighted by Crippen LogP contribution is 2.18. The maximum atomic E-state index is 13.3. The predicted molar refractivity (Wildman–Crippen MR) is 70.5 cm³/mol. The minimum Gasteiger partial charge on any atom is -0.313 e. The van der Waals surface area contributed by atoms with Gasteiger partial charge in [0.2, 0.25) is 0 Å². The number of anilines is 2. The van der Waals surface area contributed by atoms with Crippen LogP contribution in [0.2, 0.25) is 0 Å². The summed E-state index contributed by atoms with van der Waals surface area (Å²) < 4.78 is 26.6. The predicted octanol–water partition coefficient (Wildman–Crippen LogP) is 2.31. The summed E-state index contributed by atoms with van der Waals surface area (Å²) in [4.78, 5) is 27.0. The van der Waals surface area contributed by atoms with Crippen molar-refractivity contribution in [3.05, 3.63) is 40.9 Å². The van der Waals surface area contributed by atoms with Gasteiger partial charge in [-0.15, -0.1) is 11.3 Å². The Bertz CT molecular complexity index is 652. The Kier molecular flexibility index (Phi) is 4.04. The molecule has 1 heterocycles. The van der Waals surface area contributed by atoms with Gasteiger partial charge in [-0.1, -0.05) is 6.07 Å². The number of nitrogens with one attached hydrogen (secondary N) is 2. The zero-order valence-corrected chi connectivity index (χ0v) is 11.1. The first-order valence-corrected chi connectivity index (χ1v) is 6.34. The van der Waals surface area contributed by atoms with Crippen molar-refractivity contribution < 1.29 is 18.4 Å². The van der Waals surface area contributed by atoms with Crippen LogP contribution in [-0.4, -0.2) is 16.8 Å². The van der Waals surface area contributed by atoms with E-state index in [2.05, 4.69) is 10.3 Å². The van der Waals surface area contributed by atoms with Gasteiger partial charge in [0.05, 0.1) is 5.69 Å². The maximum absolute atomic E-state index is 13.3. The van der Waals surface area contributed by atoms with Crippen molar-refractivity contribution in [2.45, 2.75) is 6.92 Å². The number of carbonyl (C=O) groups excluding carboxylic acids is 2. The molecule has 0 aliphatic carbocycles. The minimum absolute atomic E-state index is 0.233. The van der Waals surface area contributed by atoms with Crippen LogP contribution in [0.1, 0.15) is 5.69 Å². The third-order valence-corrected chi connectivity index (χ3v) is 3.12. The lowest BCUT2D eigenvalue weighted by atomic mass is 10.3. The lowest BCUT2D eigenvalue weighted by molar-refractivity contribution is -0.133. The molecule has 104 valence electrons. The van der Waals surface area contributed by atoms with Gasteiger partial charge in [0.25, 0.3) is 0 Å². The standard InChI is InChI=1S/C12H9F2N3O2S/c1-6-5-20-12(15-6)17-11(19)10(18)16-9-7(13)3-2-4-8(9)14/h2-5H,1H3,(H,16,18)(H,15,17,19). The summed E-state index contributed by atoms with van der Waals surface area (Å²) in [7, 11) is 0. The summed E-state index contributed by atoms with van der Waals surface area (Å²) >= 11 is 1.14. The molecule has 2 N–H and O–H groups in total. The summed E-state index contributed by atoms with van der Waals surface area (Å²) in [6.07, 6.45) is 0. The summed E-state index contributed by atoms with van der Waals surface area (Å²) in [5, 5.41) is 6.03. The molecule has 1 aromatic carbocycles. The van der Waals surface area contributed by atoms with Gasteiger partial charge in [0.15, 0.2) is 5.13 Å². The summed E-state index contributed by atoms with van der Waals surface area (Å²) in [5.74, 6) is -4.16. The van der Waals surface area contributed by atoms with E-state index in [0.717, 1.165) is 29.5 Å². The first-order chi connectivity index (χ1) is 9.47. The molecule has 2 aromatic rings. The number of hydrogen-bond acceptors (Lipinski definition) is 4. The van der Waals surface area contributed by atoms with E-state index in [1.54, 1.807) is 12.3 Å². The average molecular weight is 297 g/mol. The molecular weight excluding hydrogens is 288 g/mol. The molecule has 0 radical (unpaired) electrons. The number of aromatic nitrogens is 1. The van der Waals surface area contributed by atoms with Gasteiger partial charge in [-0.3, -0.25) is 14.9 Å². The molecule has 0 saturated heterocycles. The number of para-hydroxylation sites is 1. The highest BCUT2D eigenvalue weighted by Gasteiger charge is 2.19. The summed E-state index contributed by atoms with van der Waals surface area (Å²) in [6.45, 7) is 1.72. The van der Waals surface area contributed by atoms with Gasteiger partial charge in [0, 0.05) is 5.38 Å². The molecule has 0 atom stereocenters. The molecule has 0 bridgehead atoms. The molecule has 2 amide bonds. The Labute approximate surface area is 116 Å². The Morgan fingerprint density at radius 2 is 1.75 bits per heavy atom. The number of benzene rings is 1. The summed E-state index contributed by atoms with van der Waals surface area (Å²) in [5.41, 5.74) is 0.0221. The fourth-order valence-corrected chi connectivity index (χ4v) is 2.04. The second kappa shape index (κ2) is 5.74. The van der Waals surface area contributed by atoms with Gasteiger partial charge >= 0.3 is 11.8 Å². The molecule has 0 spiro atoms. The van der Waals surface area contributed by atoms with Gasteiger partial charge in [-0.25, -0.2) is 13.8 Å². The molecule has 0 fully saturated rings. The quantitative estimate of drug-likeness (QED) is 0.836. The van der Waals surface area contributed by atoms with Crippen molar-refractivity contribution in [2.24, 2.45) is 0 Å². The largest absolute Gasteiger partial charge is 0.315 e. The van der Waals surface area contributed by atoms with Crippen molar-refractivity contribution in [3.63, 3.8) is 0 Å². The first-order valence-electron chi connectivity index (χ1n) is 5.46. The van der Waals surface area contributed by atoms with E-state index in [1.807, 2.05) is 5.32 Å². The van der Waals surface area contributed by atoms with Crippen LogP contribution in [0.25, 0.3) is 0 Å². The van der Waals surface area contributed by atoms with Crippen LogP contribution in [0.5, 0.6) is 0 Å². The van der Waals surface area contributed by atoms with E-state index >= 15 is 0 Å². The fourth-order valence-electron chi connectivity index (χ4n) is 1.35. The van der Waals surface area contributed by atoms with E-state index in [4.69, 9.17) is 0 Å². The zero-order chi connectivity index (χ0) is 14.7. The Morgan fingerprint density at radius 1 is 1.15 bits per heavy atom. The second-order valence-corrected chi connectivity index (χ2v) is 4.66. The minimum atomic E-state index is -1.18. The molecule has 0 saturated carbocycles. The van der Waals surface area contributed by atoms with Crippen molar-refractivity contribution in [1.29, 1.82) is 0 Å². The van der Waals surface area contributed by atoms with Crippen molar-refractivity contribution in [1.82, 2.24) is 4.98 Å². The molecule has 1 aromatic heterocycles. The van der Waals surface area contributed by atoms with Gasteiger partial charge in [-0.2, -0.15) is 0 Å². The van der Waals surface area contributed by atoms with Crippen LogP contribution in [0, 0.1) is 18.6 Å². The number of amides is 2. The molecule has 5 nitrogen and oxygen atoms in total. The number of halogens is 2. The van der Waals surface area contributed by atoms with Crippen molar-refractivity contribution in [3.8, 4) is 0 Å². The number of aryl methyl sites for hydroxylation is 1. The Hall–Kier alpha value is -2.35. The van der Waals surface area contributed by atoms with Crippen LogP contribution >= 0.6 is 11.3 Å². The monoisotopic (exact) mass is 297 g/mol. The highest BCUT2D eigenvalue weighted by atomic mass is 32.1. The lowest BCUT2D eigenvalue weighted by Crippen LogP contribution is -2.29. The first kappa shape index (κ1) is 14.1. The van der Waals surface area contributed by atoms with Crippen LogP contribution in [0.4, 0.5) is 19.6 Å². The second-order valence-electron chi connectivity index (χ2n) is 3.80. The Balaban J connectivity index is 2.06. The van der Waals surface area contributed by atoms with Gasteiger partial charge in [-0.05, 0) is 19.1 Å². The topological polar surface area (TPSA) is 71.1 Å². The van der Waals surface area contributed by atoms with Crippen molar-refractivity contribution >= 4 is 34.0 Å². The Morgan fingerprint density at radius 3 is 2.30 bits per heavy atom. The van der Waals surface area contributed by atoms with Crippen molar-refractivity contribution in [2.75, 3.05) is 10.6 Å². The number of nitrogens with zero attached hydrogens (tertiary/aromatic N) is 1. The third kappa shape index (κ3) is 3.15. The smallest absolute Gasteiger partial charge is 0.313 e. The molecule has 8 heteroatoms. The molecule has 0 aliphatic rings. The van der Waals surface area contributed by atoms with Crippen LogP contribution in [0.3, 0.4) is 0 Å². The van der Waals surface area contributed by atoms with E-state index in [9.17, 15) is 18.4 Å². The lowest BCUT2D eigenvalue weighted by Gasteiger charge is -2.06. The van der Waals surface area contributed by atoms with E-state index in [-0.39, 0.29) is 5.13 Å². The summed E-state index contributed by atoms with van der Waals surface area (Å²) in [6, 6.07) is 3.10.